The molecular weight excluding hydrogens is 316 g/mol. The predicted molar refractivity (Wildman–Crippen MR) is 87.5 cm³/mol. The molecule has 0 bridgehead atoms. The van der Waals surface area contributed by atoms with Crippen molar-refractivity contribution in [2.75, 3.05) is 19.1 Å². The zero-order valence-corrected chi connectivity index (χ0v) is 14.9. The first-order valence-corrected chi connectivity index (χ1v) is 9.77. The minimum absolute atomic E-state index is 0.285. The third-order valence-electron chi connectivity index (χ3n) is 6.38. The normalized spacial score (nSPS) is 49.2. The van der Waals surface area contributed by atoms with E-state index in [1.54, 1.807) is 0 Å². The van der Waals surface area contributed by atoms with E-state index in [-0.39, 0.29) is 6.29 Å². The van der Waals surface area contributed by atoms with Crippen molar-refractivity contribution >= 4 is 11.6 Å². The monoisotopic (exact) mass is 344 g/mol. The van der Waals surface area contributed by atoms with Crippen LogP contribution in [0.15, 0.2) is 0 Å². The lowest BCUT2D eigenvalue weighted by Gasteiger charge is -2.30. The average Bonchev–Trinajstić information content (AvgIpc) is 3.42. The van der Waals surface area contributed by atoms with Crippen molar-refractivity contribution in [3.63, 3.8) is 0 Å². The molecule has 8 atom stereocenters. The Hall–Kier alpha value is 0.130. The van der Waals surface area contributed by atoms with Gasteiger partial charge in [-0.1, -0.05) is 13.8 Å². The Morgan fingerprint density at radius 2 is 1.26 bits per heavy atom. The lowest BCUT2D eigenvalue weighted by molar-refractivity contribution is -0.151. The third-order valence-corrected chi connectivity index (χ3v) is 6.63. The molecule has 132 valence electrons. The van der Waals surface area contributed by atoms with E-state index in [4.69, 9.17) is 30.5 Å². The number of hydrogen-bond donors (Lipinski definition) is 0. The van der Waals surface area contributed by atoms with Crippen LogP contribution in [0.5, 0.6) is 0 Å². The van der Waals surface area contributed by atoms with Crippen LogP contribution in [0, 0.1) is 23.7 Å². The number of epoxide rings is 2. The van der Waals surface area contributed by atoms with E-state index >= 15 is 0 Å². The maximum atomic E-state index is 6.05. The molecule has 5 heteroatoms. The summed E-state index contributed by atoms with van der Waals surface area (Å²) < 4.78 is 23.3. The van der Waals surface area contributed by atoms with Gasteiger partial charge < -0.3 is 18.9 Å². The molecule has 8 unspecified atom stereocenters. The maximum Gasteiger partial charge on any atom is 0.170 e. The molecule has 0 aromatic rings. The van der Waals surface area contributed by atoms with E-state index in [2.05, 4.69) is 13.8 Å². The van der Waals surface area contributed by atoms with Crippen LogP contribution in [0.1, 0.15) is 39.5 Å². The van der Waals surface area contributed by atoms with Gasteiger partial charge in [-0.25, -0.2) is 0 Å². The van der Waals surface area contributed by atoms with Crippen LogP contribution < -0.4 is 0 Å². The molecule has 2 aliphatic heterocycles. The van der Waals surface area contributed by atoms with Gasteiger partial charge in [0.25, 0.3) is 0 Å². The Kier molecular flexibility index (Phi) is 4.90. The number of rotatable bonds is 7. The summed E-state index contributed by atoms with van der Waals surface area (Å²) in [6.45, 7) is 6.08. The highest BCUT2D eigenvalue weighted by Crippen LogP contribution is 2.44. The van der Waals surface area contributed by atoms with E-state index in [1.807, 2.05) is 0 Å². The first-order chi connectivity index (χ1) is 11.1. The van der Waals surface area contributed by atoms with E-state index in [9.17, 15) is 0 Å². The minimum atomic E-state index is -0.285. The maximum absolute atomic E-state index is 6.05. The van der Waals surface area contributed by atoms with Crippen molar-refractivity contribution in [1.29, 1.82) is 0 Å². The minimum Gasteiger partial charge on any atom is -0.370 e. The fourth-order valence-electron chi connectivity index (χ4n) is 4.43. The fraction of sp³-hybridized carbons (Fsp3) is 1.00. The lowest BCUT2D eigenvalue weighted by Crippen LogP contribution is -2.32. The highest BCUT2D eigenvalue weighted by molar-refractivity contribution is 6.18. The topological polar surface area (TPSA) is 43.5 Å². The Morgan fingerprint density at radius 1 is 0.826 bits per heavy atom. The van der Waals surface area contributed by atoms with Crippen molar-refractivity contribution in [3.8, 4) is 0 Å². The van der Waals surface area contributed by atoms with E-state index in [1.165, 1.54) is 12.8 Å². The predicted octanol–water partition coefficient (Wildman–Crippen LogP) is 3.21. The second-order valence-corrected chi connectivity index (χ2v) is 8.40. The Bertz CT molecular complexity index is 384. The van der Waals surface area contributed by atoms with Crippen LogP contribution in [0.2, 0.25) is 0 Å². The van der Waals surface area contributed by atoms with Crippen LogP contribution in [0.3, 0.4) is 0 Å². The second kappa shape index (κ2) is 6.80. The molecule has 4 nitrogen and oxygen atoms in total. The van der Waals surface area contributed by atoms with Crippen LogP contribution >= 0.6 is 11.6 Å². The summed E-state index contributed by atoms with van der Waals surface area (Å²) in [5.74, 6) is 2.87. The van der Waals surface area contributed by atoms with Gasteiger partial charge in [0.15, 0.2) is 6.29 Å². The summed E-state index contributed by atoms with van der Waals surface area (Å²) in [6, 6.07) is 0. The molecule has 0 spiro atoms. The molecule has 4 fully saturated rings. The summed E-state index contributed by atoms with van der Waals surface area (Å²) in [4.78, 5) is 0. The zero-order valence-electron chi connectivity index (χ0n) is 14.2. The third kappa shape index (κ3) is 3.87. The Labute approximate surface area is 144 Å². The van der Waals surface area contributed by atoms with Gasteiger partial charge in [0.1, 0.15) is 0 Å². The summed E-state index contributed by atoms with van der Waals surface area (Å²) in [5, 5.41) is 0. The van der Waals surface area contributed by atoms with Gasteiger partial charge in [0.2, 0.25) is 0 Å². The Morgan fingerprint density at radius 3 is 1.70 bits per heavy atom. The van der Waals surface area contributed by atoms with E-state index in [0.29, 0.717) is 54.0 Å². The Balaban J connectivity index is 1.19. The van der Waals surface area contributed by atoms with Gasteiger partial charge in [-0.2, -0.15) is 0 Å². The zero-order chi connectivity index (χ0) is 16.0. The van der Waals surface area contributed by atoms with Crippen molar-refractivity contribution in [2.45, 2.75) is 70.2 Å². The van der Waals surface area contributed by atoms with E-state index in [0.717, 1.165) is 26.1 Å². The number of halogens is 1. The lowest BCUT2D eigenvalue weighted by atomic mass is 9.81. The molecule has 2 saturated heterocycles. The van der Waals surface area contributed by atoms with Crippen molar-refractivity contribution in [3.05, 3.63) is 0 Å². The van der Waals surface area contributed by atoms with Crippen LogP contribution in [-0.2, 0) is 18.9 Å². The van der Waals surface area contributed by atoms with Crippen molar-refractivity contribution in [2.24, 2.45) is 23.7 Å². The number of ether oxygens (including phenoxy) is 4. The highest BCUT2D eigenvalue weighted by atomic mass is 35.5. The standard InChI is InChI=1S/C18H29ClO4/c1-10-3-14-16(22-14)5-12(10)8-20-18(7-19)21-9-13-6-17-15(23-17)4-11(13)2/h10-18H,3-9H2,1-2H3. The molecule has 0 radical (unpaired) electrons. The van der Waals surface area contributed by atoms with Crippen LogP contribution in [0.4, 0.5) is 0 Å². The number of alkyl halides is 1. The van der Waals surface area contributed by atoms with Crippen LogP contribution in [-0.4, -0.2) is 49.8 Å². The highest BCUT2D eigenvalue weighted by Gasteiger charge is 2.48. The van der Waals surface area contributed by atoms with Gasteiger partial charge in [0.05, 0.1) is 43.5 Å². The smallest absolute Gasteiger partial charge is 0.170 e. The van der Waals surface area contributed by atoms with Crippen molar-refractivity contribution in [1.82, 2.24) is 0 Å². The van der Waals surface area contributed by atoms with Crippen LogP contribution in [0.25, 0.3) is 0 Å². The summed E-state index contributed by atoms with van der Waals surface area (Å²) in [6.07, 6.45) is 6.36. The summed E-state index contributed by atoms with van der Waals surface area (Å²) in [5.41, 5.74) is 0. The van der Waals surface area contributed by atoms with E-state index < -0.39 is 0 Å². The molecule has 23 heavy (non-hydrogen) atoms. The quantitative estimate of drug-likeness (QED) is 0.404. The molecular formula is C18H29ClO4. The number of fused-ring (bicyclic) bond motifs is 2. The molecule has 0 amide bonds. The van der Waals surface area contributed by atoms with Crippen molar-refractivity contribution < 1.29 is 18.9 Å². The van der Waals surface area contributed by atoms with Gasteiger partial charge in [-0.3, -0.25) is 0 Å². The second-order valence-electron chi connectivity index (χ2n) is 8.09. The van der Waals surface area contributed by atoms with Gasteiger partial charge >= 0.3 is 0 Å². The average molecular weight is 345 g/mol. The largest absolute Gasteiger partial charge is 0.370 e. The molecule has 2 heterocycles. The summed E-state index contributed by atoms with van der Waals surface area (Å²) in [7, 11) is 0. The van der Waals surface area contributed by atoms with Gasteiger partial charge in [-0.05, 0) is 49.4 Å². The molecule has 0 N–H and O–H groups in total. The van der Waals surface area contributed by atoms with Gasteiger partial charge in [0, 0.05) is 0 Å². The van der Waals surface area contributed by atoms with Gasteiger partial charge in [-0.15, -0.1) is 11.6 Å². The first-order valence-electron chi connectivity index (χ1n) is 9.24. The SMILES string of the molecule is CC1CC2OC2CC1COC(CCl)OCC1CC2OC2CC1C. The molecule has 0 aromatic carbocycles. The molecule has 0 aromatic heterocycles. The number of hydrogen-bond acceptors (Lipinski definition) is 4. The summed E-state index contributed by atoms with van der Waals surface area (Å²) >= 11 is 6.05. The molecule has 2 saturated carbocycles. The first kappa shape index (κ1) is 16.6. The molecule has 2 aliphatic carbocycles. The molecule has 4 rings (SSSR count). The fourth-order valence-corrected chi connectivity index (χ4v) is 4.61. The molecule has 4 aliphatic rings.